The van der Waals surface area contributed by atoms with Crippen molar-refractivity contribution in [2.45, 2.75) is 25.9 Å². The Morgan fingerprint density at radius 3 is 2.84 bits per heavy atom. The van der Waals surface area contributed by atoms with Crippen LogP contribution in [0.25, 0.3) is 11.5 Å². The first-order valence-corrected chi connectivity index (χ1v) is 6.74. The zero-order valence-corrected chi connectivity index (χ0v) is 12.7. The molecule has 0 aliphatic rings. The lowest BCUT2D eigenvalue weighted by Crippen LogP contribution is -2.24. The third kappa shape index (κ3) is 2.64. The van der Waals surface area contributed by atoms with Crippen LogP contribution >= 0.6 is 15.9 Å². The molecule has 0 aliphatic carbocycles. The lowest BCUT2D eigenvalue weighted by molar-refractivity contribution is -0.0106. The van der Waals surface area contributed by atoms with E-state index in [1.54, 1.807) is 13.2 Å². The predicted octanol–water partition coefficient (Wildman–Crippen LogP) is 3.35. The van der Waals surface area contributed by atoms with E-state index in [1.165, 1.54) is 0 Å². The first-order chi connectivity index (χ1) is 9.00. The van der Waals surface area contributed by atoms with E-state index in [4.69, 9.17) is 15.0 Å². The molecule has 102 valence electrons. The van der Waals surface area contributed by atoms with Gasteiger partial charge in [-0.3, -0.25) is 0 Å². The van der Waals surface area contributed by atoms with Crippen LogP contribution in [0, 0.1) is 0 Å². The molecule has 1 aromatic heterocycles. The first-order valence-electron chi connectivity index (χ1n) is 5.95. The molecule has 0 saturated heterocycles. The number of nitrogens with two attached hydrogens (primary N) is 1. The monoisotopic (exact) mass is 325 g/mol. The fourth-order valence-corrected chi connectivity index (χ4v) is 2.02. The summed E-state index contributed by atoms with van der Waals surface area (Å²) < 4.78 is 11.6. The van der Waals surface area contributed by atoms with Crippen LogP contribution in [0.5, 0.6) is 0 Å². The number of aromatic nitrogens is 2. The van der Waals surface area contributed by atoms with Crippen molar-refractivity contribution in [2.75, 3.05) is 12.8 Å². The number of halogens is 1. The largest absolute Gasteiger partial charge is 0.398 e. The van der Waals surface area contributed by atoms with E-state index in [2.05, 4.69) is 26.1 Å². The average molecular weight is 326 g/mol. The molecule has 0 amide bonds. The van der Waals surface area contributed by atoms with E-state index in [0.29, 0.717) is 23.0 Å². The summed E-state index contributed by atoms with van der Waals surface area (Å²) in [5, 5.41) is 4.00. The van der Waals surface area contributed by atoms with Crippen LogP contribution in [0.2, 0.25) is 0 Å². The number of rotatable bonds is 4. The molecule has 1 heterocycles. The van der Waals surface area contributed by atoms with Crippen LogP contribution in [0.1, 0.15) is 26.1 Å². The lowest BCUT2D eigenvalue weighted by atomic mass is 10.0. The molecule has 0 radical (unpaired) electrons. The molecule has 6 heteroatoms. The van der Waals surface area contributed by atoms with Gasteiger partial charge in [-0.2, -0.15) is 4.98 Å². The van der Waals surface area contributed by atoms with Gasteiger partial charge in [-0.25, -0.2) is 0 Å². The van der Waals surface area contributed by atoms with Gasteiger partial charge in [0.2, 0.25) is 5.82 Å². The number of benzene rings is 1. The number of hydrogen-bond acceptors (Lipinski definition) is 5. The average Bonchev–Trinajstić information content (AvgIpc) is 2.90. The molecule has 19 heavy (non-hydrogen) atoms. The molecule has 0 spiro atoms. The first kappa shape index (κ1) is 14.0. The van der Waals surface area contributed by atoms with Crippen LogP contribution in [-0.2, 0) is 10.3 Å². The van der Waals surface area contributed by atoms with Crippen molar-refractivity contribution in [3.8, 4) is 11.5 Å². The number of anilines is 1. The summed E-state index contributed by atoms with van der Waals surface area (Å²) in [7, 11) is 1.63. The molecule has 1 aromatic carbocycles. The van der Waals surface area contributed by atoms with Crippen LogP contribution in [0.15, 0.2) is 27.2 Å². The Labute approximate surface area is 120 Å². The Bertz CT molecular complexity index is 579. The second-order valence-electron chi connectivity index (χ2n) is 4.44. The van der Waals surface area contributed by atoms with E-state index in [1.807, 2.05) is 26.0 Å². The third-order valence-corrected chi connectivity index (χ3v) is 3.76. The molecule has 0 bridgehead atoms. The van der Waals surface area contributed by atoms with Gasteiger partial charge in [0.1, 0.15) is 5.60 Å². The van der Waals surface area contributed by atoms with Gasteiger partial charge in [0.25, 0.3) is 5.89 Å². The zero-order chi connectivity index (χ0) is 14.0. The molecule has 0 saturated carbocycles. The Balaban J connectivity index is 2.44. The van der Waals surface area contributed by atoms with Gasteiger partial charge in [0, 0.05) is 17.3 Å². The molecule has 1 unspecified atom stereocenters. The van der Waals surface area contributed by atoms with Crippen LogP contribution in [-0.4, -0.2) is 17.3 Å². The highest BCUT2D eigenvalue weighted by Gasteiger charge is 2.30. The summed E-state index contributed by atoms with van der Waals surface area (Å²) in [5.41, 5.74) is 6.67. The van der Waals surface area contributed by atoms with Gasteiger partial charge < -0.3 is 15.0 Å². The number of ether oxygens (including phenoxy) is 1. The highest BCUT2D eigenvalue weighted by atomic mass is 79.9. The molecule has 2 rings (SSSR count). The predicted molar refractivity (Wildman–Crippen MR) is 76.5 cm³/mol. The summed E-state index contributed by atoms with van der Waals surface area (Å²) in [6.45, 7) is 3.93. The quantitative estimate of drug-likeness (QED) is 0.872. The highest BCUT2D eigenvalue weighted by molar-refractivity contribution is 9.10. The van der Waals surface area contributed by atoms with E-state index >= 15 is 0 Å². The van der Waals surface area contributed by atoms with Gasteiger partial charge in [0.05, 0.1) is 5.56 Å². The fourth-order valence-electron chi connectivity index (χ4n) is 1.66. The van der Waals surface area contributed by atoms with Crippen molar-refractivity contribution in [1.29, 1.82) is 0 Å². The SMILES string of the molecule is CCC(C)(OC)c1noc(-c2cc(Br)ccc2N)n1. The summed E-state index contributed by atoms with van der Waals surface area (Å²) >= 11 is 3.40. The molecular weight excluding hydrogens is 310 g/mol. The Morgan fingerprint density at radius 1 is 1.47 bits per heavy atom. The van der Waals surface area contributed by atoms with Gasteiger partial charge in [-0.05, 0) is 31.5 Å². The van der Waals surface area contributed by atoms with Crippen LogP contribution in [0.3, 0.4) is 0 Å². The van der Waals surface area contributed by atoms with Crippen molar-refractivity contribution in [1.82, 2.24) is 10.1 Å². The van der Waals surface area contributed by atoms with Crippen molar-refractivity contribution in [3.63, 3.8) is 0 Å². The maximum atomic E-state index is 5.92. The smallest absolute Gasteiger partial charge is 0.260 e. The van der Waals surface area contributed by atoms with E-state index in [9.17, 15) is 0 Å². The Morgan fingerprint density at radius 2 is 2.21 bits per heavy atom. The zero-order valence-electron chi connectivity index (χ0n) is 11.1. The van der Waals surface area contributed by atoms with Crippen molar-refractivity contribution in [3.05, 3.63) is 28.5 Å². The van der Waals surface area contributed by atoms with Gasteiger partial charge in [-0.15, -0.1) is 0 Å². The minimum Gasteiger partial charge on any atom is -0.398 e. The number of hydrogen-bond donors (Lipinski definition) is 1. The molecule has 1 atom stereocenters. The second-order valence-corrected chi connectivity index (χ2v) is 5.36. The standard InChI is InChI=1S/C13H16BrN3O2/c1-4-13(2,18-3)12-16-11(19-17-12)9-7-8(14)5-6-10(9)15/h5-7H,4,15H2,1-3H3. The number of nitrogen functional groups attached to an aromatic ring is 1. The number of methoxy groups -OCH3 is 1. The normalized spacial score (nSPS) is 14.3. The van der Waals surface area contributed by atoms with Gasteiger partial charge in [0.15, 0.2) is 0 Å². The number of nitrogens with zero attached hydrogens (tertiary/aromatic N) is 2. The topological polar surface area (TPSA) is 74.2 Å². The van der Waals surface area contributed by atoms with Gasteiger partial charge >= 0.3 is 0 Å². The lowest BCUT2D eigenvalue weighted by Gasteiger charge is -2.21. The Kier molecular flexibility index (Phi) is 3.91. The summed E-state index contributed by atoms with van der Waals surface area (Å²) in [6, 6.07) is 5.50. The van der Waals surface area contributed by atoms with E-state index in [-0.39, 0.29) is 0 Å². The molecule has 2 N–H and O–H groups in total. The minimum atomic E-state index is -0.553. The maximum Gasteiger partial charge on any atom is 0.260 e. The summed E-state index contributed by atoms with van der Waals surface area (Å²) in [5.74, 6) is 0.914. The Hall–Kier alpha value is -1.40. The second kappa shape index (κ2) is 5.30. The highest BCUT2D eigenvalue weighted by Crippen LogP contribution is 2.31. The minimum absolute atomic E-state index is 0.394. The summed E-state index contributed by atoms with van der Waals surface area (Å²) in [6.07, 6.45) is 0.746. The molecule has 0 aliphatic heterocycles. The molecule has 2 aromatic rings. The van der Waals surface area contributed by atoms with Crippen molar-refractivity contribution >= 4 is 21.6 Å². The molecular formula is C13H16BrN3O2. The van der Waals surface area contributed by atoms with Crippen LogP contribution in [0.4, 0.5) is 5.69 Å². The van der Waals surface area contributed by atoms with Crippen molar-refractivity contribution < 1.29 is 9.26 Å². The fraction of sp³-hybridized carbons (Fsp3) is 0.385. The van der Waals surface area contributed by atoms with E-state index < -0.39 is 5.60 Å². The third-order valence-electron chi connectivity index (χ3n) is 3.27. The van der Waals surface area contributed by atoms with E-state index in [0.717, 1.165) is 10.9 Å². The molecule has 5 nitrogen and oxygen atoms in total. The maximum absolute atomic E-state index is 5.92. The molecule has 0 fully saturated rings. The summed E-state index contributed by atoms with van der Waals surface area (Å²) in [4.78, 5) is 4.39. The van der Waals surface area contributed by atoms with Gasteiger partial charge in [-0.1, -0.05) is 28.0 Å². The van der Waals surface area contributed by atoms with Crippen LogP contribution < -0.4 is 5.73 Å². The van der Waals surface area contributed by atoms with Crippen molar-refractivity contribution in [2.24, 2.45) is 0 Å².